The number of carbonyl (C=O) groups excluding carboxylic acids is 1. The van der Waals surface area contributed by atoms with Crippen molar-refractivity contribution in [2.75, 3.05) is 44.1 Å². The van der Waals surface area contributed by atoms with E-state index in [0.717, 1.165) is 51.3 Å². The molecule has 1 heterocycles. The minimum atomic E-state index is -3.66. The summed E-state index contributed by atoms with van der Waals surface area (Å²) in [4.78, 5) is 15.4. The summed E-state index contributed by atoms with van der Waals surface area (Å²) in [6, 6.07) is 14.0. The summed E-state index contributed by atoms with van der Waals surface area (Å²) < 4.78 is 33.4. The lowest BCUT2D eigenvalue weighted by Crippen LogP contribution is -2.43. The molecule has 1 saturated carbocycles. The van der Waals surface area contributed by atoms with Crippen molar-refractivity contribution >= 4 is 21.6 Å². The standard InChI is InChI=1S/C23H29N3O4S/c1-18-4-2-3-5-21(18)31(28,29)25-20-8-6-19(7-9-20)23(10-11-23)22(27)24-12-13-26-14-16-30-17-15-26/h2-9,25H,10-17H2,1H3,(H,24,27). The zero-order chi connectivity index (χ0) is 21.9. The summed E-state index contributed by atoms with van der Waals surface area (Å²) in [7, 11) is -3.66. The zero-order valence-corrected chi connectivity index (χ0v) is 18.6. The van der Waals surface area contributed by atoms with Gasteiger partial charge in [-0.25, -0.2) is 8.42 Å². The number of sulfonamides is 1. The minimum absolute atomic E-state index is 0.0500. The SMILES string of the molecule is Cc1ccccc1S(=O)(=O)Nc1ccc(C2(C(=O)NCCN3CCOCC3)CC2)cc1. The first kappa shape index (κ1) is 21.8. The Balaban J connectivity index is 1.37. The van der Waals surface area contributed by atoms with Gasteiger partial charge in [-0.1, -0.05) is 30.3 Å². The molecule has 0 radical (unpaired) electrons. The first-order valence-electron chi connectivity index (χ1n) is 10.7. The van der Waals surface area contributed by atoms with Gasteiger partial charge >= 0.3 is 0 Å². The Kier molecular flexibility index (Phi) is 6.31. The number of hydrogen-bond donors (Lipinski definition) is 2. The van der Waals surface area contributed by atoms with Crippen LogP contribution < -0.4 is 10.0 Å². The van der Waals surface area contributed by atoms with Gasteiger partial charge in [0.25, 0.3) is 10.0 Å². The third-order valence-corrected chi connectivity index (χ3v) is 7.62. The van der Waals surface area contributed by atoms with Crippen molar-refractivity contribution < 1.29 is 17.9 Å². The summed E-state index contributed by atoms with van der Waals surface area (Å²) in [5, 5.41) is 3.08. The lowest BCUT2D eigenvalue weighted by molar-refractivity contribution is -0.123. The molecular formula is C23H29N3O4S. The molecule has 7 nitrogen and oxygen atoms in total. The number of aryl methyl sites for hydroxylation is 1. The van der Waals surface area contributed by atoms with Crippen molar-refractivity contribution in [2.45, 2.75) is 30.1 Å². The van der Waals surface area contributed by atoms with E-state index in [2.05, 4.69) is 14.9 Å². The highest BCUT2D eigenvalue weighted by molar-refractivity contribution is 7.92. The lowest BCUT2D eigenvalue weighted by Gasteiger charge is -2.27. The number of carbonyl (C=O) groups is 1. The van der Waals surface area contributed by atoms with E-state index < -0.39 is 15.4 Å². The fourth-order valence-electron chi connectivity index (χ4n) is 4.02. The van der Waals surface area contributed by atoms with Gasteiger partial charge in [0.1, 0.15) is 0 Å². The van der Waals surface area contributed by atoms with Gasteiger partial charge in [0.2, 0.25) is 5.91 Å². The van der Waals surface area contributed by atoms with E-state index in [1.165, 1.54) is 0 Å². The van der Waals surface area contributed by atoms with Gasteiger partial charge in [0, 0.05) is 31.9 Å². The number of ether oxygens (including phenoxy) is 1. The number of hydrogen-bond acceptors (Lipinski definition) is 5. The molecule has 0 unspecified atom stereocenters. The number of nitrogens with zero attached hydrogens (tertiary/aromatic N) is 1. The maximum absolute atomic E-state index is 12.8. The van der Waals surface area contributed by atoms with Gasteiger partial charge < -0.3 is 10.1 Å². The largest absolute Gasteiger partial charge is 0.379 e. The molecule has 166 valence electrons. The van der Waals surface area contributed by atoms with Crippen molar-refractivity contribution in [1.29, 1.82) is 0 Å². The van der Waals surface area contributed by atoms with Gasteiger partial charge in [-0.05, 0) is 49.1 Å². The van der Waals surface area contributed by atoms with Crippen LogP contribution in [0.4, 0.5) is 5.69 Å². The van der Waals surface area contributed by atoms with Crippen LogP contribution in [0.1, 0.15) is 24.0 Å². The van der Waals surface area contributed by atoms with Crippen LogP contribution in [0.25, 0.3) is 0 Å². The van der Waals surface area contributed by atoms with Crippen molar-refractivity contribution in [1.82, 2.24) is 10.2 Å². The van der Waals surface area contributed by atoms with Gasteiger partial charge in [0.05, 0.1) is 23.5 Å². The topological polar surface area (TPSA) is 87.7 Å². The van der Waals surface area contributed by atoms with Crippen LogP contribution in [0.15, 0.2) is 53.4 Å². The van der Waals surface area contributed by atoms with E-state index in [4.69, 9.17) is 4.74 Å². The number of nitrogens with one attached hydrogen (secondary N) is 2. The zero-order valence-electron chi connectivity index (χ0n) is 17.8. The summed E-state index contributed by atoms with van der Waals surface area (Å²) in [5.74, 6) is 0.0500. The van der Waals surface area contributed by atoms with E-state index in [-0.39, 0.29) is 10.8 Å². The predicted octanol–water partition coefficient (Wildman–Crippen LogP) is 2.28. The van der Waals surface area contributed by atoms with E-state index >= 15 is 0 Å². The Morgan fingerprint density at radius 2 is 1.74 bits per heavy atom. The van der Waals surface area contributed by atoms with Crippen LogP contribution in [0.3, 0.4) is 0 Å². The second-order valence-electron chi connectivity index (χ2n) is 8.24. The monoisotopic (exact) mass is 443 g/mol. The molecule has 1 saturated heterocycles. The molecule has 2 aliphatic rings. The Hall–Kier alpha value is -2.42. The number of amides is 1. The Bertz CT molecular complexity index is 1030. The second kappa shape index (κ2) is 8.98. The second-order valence-corrected chi connectivity index (χ2v) is 9.89. The summed E-state index contributed by atoms with van der Waals surface area (Å²) in [6.07, 6.45) is 1.62. The molecule has 1 aliphatic carbocycles. The van der Waals surface area contributed by atoms with Crippen LogP contribution in [-0.2, 0) is 25.0 Å². The molecule has 0 spiro atoms. The highest BCUT2D eigenvalue weighted by Gasteiger charge is 2.51. The molecule has 2 N–H and O–H groups in total. The van der Waals surface area contributed by atoms with Crippen LogP contribution in [0.2, 0.25) is 0 Å². The summed E-state index contributed by atoms with van der Waals surface area (Å²) >= 11 is 0. The van der Waals surface area contributed by atoms with E-state index in [1.807, 2.05) is 18.2 Å². The Morgan fingerprint density at radius 1 is 1.06 bits per heavy atom. The molecule has 2 aromatic carbocycles. The van der Waals surface area contributed by atoms with Gasteiger partial charge in [-0.15, -0.1) is 0 Å². The molecule has 4 rings (SSSR count). The summed E-state index contributed by atoms with van der Waals surface area (Å²) in [5.41, 5.74) is 1.61. The third-order valence-electron chi connectivity index (χ3n) is 6.07. The molecule has 2 aromatic rings. The highest BCUT2D eigenvalue weighted by atomic mass is 32.2. The normalized spacial score (nSPS) is 18.4. The molecule has 1 aliphatic heterocycles. The van der Waals surface area contributed by atoms with Crippen molar-refractivity contribution in [3.8, 4) is 0 Å². The summed E-state index contributed by atoms with van der Waals surface area (Å²) in [6.45, 7) is 6.52. The average Bonchev–Trinajstić information content (AvgIpc) is 3.57. The van der Waals surface area contributed by atoms with Crippen molar-refractivity contribution in [3.63, 3.8) is 0 Å². The number of morpholine rings is 1. The number of benzene rings is 2. The Morgan fingerprint density at radius 3 is 2.39 bits per heavy atom. The molecule has 1 amide bonds. The van der Waals surface area contributed by atoms with Crippen LogP contribution in [-0.4, -0.2) is 58.6 Å². The molecule has 0 bridgehead atoms. The molecule has 8 heteroatoms. The maximum atomic E-state index is 12.8. The maximum Gasteiger partial charge on any atom is 0.262 e. The first-order valence-corrected chi connectivity index (χ1v) is 12.2. The minimum Gasteiger partial charge on any atom is -0.379 e. The van der Waals surface area contributed by atoms with Gasteiger partial charge in [-0.2, -0.15) is 0 Å². The van der Waals surface area contributed by atoms with Crippen molar-refractivity contribution in [3.05, 3.63) is 59.7 Å². The highest BCUT2D eigenvalue weighted by Crippen LogP contribution is 2.48. The van der Waals surface area contributed by atoms with Crippen LogP contribution in [0.5, 0.6) is 0 Å². The van der Waals surface area contributed by atoms with Gasteiger partial charge in [0.15, 0.2) is 0 Å². The predicted molar refractivity (Wildman–Crippen MR) is 120 cm³/mol. The van der Waals surface area contributed by atoms with Crippen molar-refractivity contribution in [2.24, 2.45) is 0 Å². The van der Waals surface area contributed by atoms with E-state index in [0.29, 0.717) is 17.8 Å². The smallest absolute Gasteiger partial charge is 0.262 e. The van der Waals surface area contributed by atoms with Crippen LogP contribution in [0, 0.1) is 6.92 Å². The quantitative estimate of drug-likeness (QED) is 0.654. The molecule has 2 fully saturated rings. The average molecular weight is 444 g/mol. The molecule has 0 aromatic heterocycles. The number of rotatable bonds is 8. The molecule has 0 atom stereocenters. The fourth-order valence-corrected chi connectivity index (χ4v) is 5.32. The molecule has 31 heavy (non-hydrogen) atoms. The Labute approximate surface area is 183 Å². The number of anilines is 1. The first-order chi connectivity index (χ1) is 14.9. The van der Waals surface area contributed by atoms with Crippen LogP contribution >= 0.6 is 0 Å². The third kappa shape index (κ3) is 4.92. The van der Waals surface area contributed by atoms with Gasteiger partial charge in [-0.3, -0.25) is 14.4 Å². The molecular weight excluding hydrogens is 414 g/mol. The lowest BCUT2D eigenvalue weighted by atomic mass is 9.95. The fraction of sp³-hybridized carbons (Fsp3) is 0.435. The van der Waals surface area contributed by atoms with E-state index in [1.54, 1.807) is 37.3 Å². The van der Waals surface area contributed by atoms with E-state index in [9.17, 15) is 13.2 Å².